The predicted octanol–water partition coefficient (Wildman–Crippen LogP) is 3.12. The van der Waals surface area contributed by atoms with Crippen molar-refractivity contribution in [3.63, 3.8) is 0 Å². The Kier molecular flexibility index (Phi) is 6.28. The molecule has 2 rings (SSSR count). The first-order chi connectivity index (χ1) is 12.5. The molecule has 0 bridgehead atoms. The molecule has 2 aromatic carbocycles. The minimum Gasteiger partial charge on any atom is -0.493 e. The highest BCUT2D eigenvalue weighted by atomic mass is 16.6. The molecule has 0 atom stereocenters. The van der Waals surface area contributed by atoms with Crippen LogP contribution >= 0.6 is 0 Å². The van der Waals surface area contributed by atoms with Crippen LogP contribution in [0.4, 0.5) is 5.69 Å². The second-order valence-electron chi connectivity index (χ2n) is 4.86. The molecular formula is C18H14N2O6. The van der Waals surface area contributed by atoms with E-state index in [1.807, 2.05) is 6.07 Å². The first kappa shape index (κ1) is 18.5. The van der Waals surface area contributed by atoms with E-state index in [2.05, 4.69) is 0 Å². The van der Waals surface area contributed by atoms with Gasteiger partial charge < -0.3 is 14.2 Å². The number of nitrogens with zero attached hydrogens (tertiary/aromatic N) is 2. The number of esters is 1. The van der Waals surface area contributed by atoms with Gasteiger partial charge in [0.2, 0.25) is 0 Å². The third kappa shape index (κ3) is 4.82. The zero-order chi connectivity index (χ0) is 18.9. The highest BCUT2D eigenvalue weighted by molar-refractivity contribution is 5.75. The maximum absolute atomic E-state index is 12.0. The van der Waals surface area contributed by atoms with Crippen molar-refractivity contribution in [3.8, 4) is 23.3 Å². The molecule has 0 aliphatic carbocycles. The molecule has 0 aromatic heterocycles. The number of allylic oxidation sites excluding steroid dienone is 1. The zero-order valence-corrected chi connectivity index (χ0v) is 13.7. The summed E-state index contributed by atoms with van der Waals surface area (Å²) >= 11 is 0. The Balaban J connectivity index is 2.05. The highest BCUT2D eigenvalue weighted by Crippen LogP contribution is 2.29. The zero-order valence-electron chi connectivity index (χ0n) is 13.7. The van der Waals surface area contributed by atoms with Gasteiger partial charge in [0.1, 0.15) is 0 Å². The summed E-state index contributed by atoms with van der Waals surface area (Å²) in [5, 5.41) is 19.5. The highest BCUT2D eigenvalue weighted by Gasteiger charge is 2.16. The van der Waals surface area contributed by atoms with Crippen LogP contribution in [-0.2, 0) is 4.79 Å². The van der Waals surface area contributed by atoms with E-state index in [1.54, 1.807) is 24.3 Å². The molecule has 0 fully saturated rings. The number of carbonyl (C=O) groups excluding carboxylic acids is 1. The third-order valence-electron chi connectivity index (χ3n) is 3.17. The lowest BCUT2D eigenvalue weighted by molar-refractivity contribution is -0.385. The van der Waals surface area contributed by atoms with Gasteiger partial charge in [0, 0.05) is 12.1 Å². The molecule has 0 aliphatic heterocycles. The second kappa shape index (κ2) is 8.84. The van der Waals surface area contributed by atoms with Crippen LogP contribution in [0.5, 0.6) is 17.2 Å². The molecule has 132 valence electrons. The Morgan fingerprint density at radius 1 is 1.23 bits per heavy atom. The molecular weight excluding hydrogens is 340 g/mol. The van der Waals surface area contributed by atoms with Crippen LogP contribution in [-0.4, -0.2) is 24.6 Å². The number of nitro groups is 1. The van der Waals surface area contributed by atoms with Crippen molar-refractivity contribution in [2.75, 3.05) is 13.7 Å². The fourth-order valence-electron chi connectivity index (χ4n) is 2.02. The van der Waals surface area contributed by atoms with Gasteiger partial charge in [0.15, 0.2) is 23.9 Å². The number of nitriles is 1. The van der Waals surface area contributed by atoms with Crippen LogP contribution in [0.2, 0.25) is 0 Å². The maximum atomic E-state index is 12.0. The Labute approximate surface area is 149 Å². The van der Waals surface area contributed by atoms with Gasteiger partial charge in [-0.25, -0.2) is 4.79 Å². The number of methoxy groups -OCH3 is 1. The summed E-state index contributed by atoms with van der Waals surface area (Å²) in [4.78, 5) is 22.3. The number of rotatable bonds is 7. The van der Waals surface area contributed by atoms with Crippen LogP contribution in [0, 0.1) is 21.4 Å². The number of hydrogen-bond donors (Lipinski definition) is 0. The lowest BCUT2D eigenvalue weighted by atomic mass is 10.2. The fraction of sp³-hybridized carbons (Fsp3) is 0.111. The molecule has 8 nitrogen and oxygen atoms in total. The monoisotopic (exact) mass is 354 g/mol. The summed E-state index contributed by atoms with van der Waals surface area (Å²) in [6, 6.07) is 12.3. The summed E-state index contributed by atoms with van der Waals surface area (Å²) in [6.45, 7) is -0.510. The van der Waals surface area contributed by atoms with Crippen LogP contribution in [0.15, 0.2) is 48.5 Å². The first-order valence-electron chi connectivity index (χ1n) is 7.36. The lowest BCUT2D eigenvalue weighted by Crippen LogP contribution is -2.18. The molecule has 8 heteroatoms. The Hall–Kier alpha value is -3.86. The van der Waals surface area contributed by atoms with Crippen LogP contribution in [0.3, 0.4) is 0 Å². The molecule has 0 heterocycles. The molecule has 0 unspecified atom stereocenters. The normalized spacial score (nSPS) is 10.2. The van der Waals surface area contributed by atoms with Crippen molar-refractivity contribution < 1.29 is 23.9 Å². The van der Waals surface area contributed by atoms with E-state index in [9.17, 15) is 14.9 Å². The average molecular weight is 354 g/mol. The van der Waals surface area contributed by atoms with Crippen molar-refractivity contribution >= 4 is 17.7 Å². The Morgan fingerprint density at radius 2 is 2.00 bits per heavy atom. The number of nitro benzene ring substituents is 1. The van der Waals surface area contributed by atoms with Crippen molar-refractivity contribution in [3.05, 3.63) is 64.2 Å². The minimum atomic E-state index is -0.748. The van der Waals surface area contributed by atoms with Crippen LogP contribution in [0.1, 0.15) is 5.56 Å². The smallest absolute Gasteiger partial charge is 0.349 e. The van der Waals surface area contributed by atoms with Crippen LogP contribution in [0.25, 0.3) is 6.08 Å². The van der Waals surface area contributed by atoms with E-state index >= 15 is 0 Å². The number of para-hydroxylation sites is 2. The molecule has 0 radical (unpaired) electrons. The summed E-state index contributed by atoms with van der Waals surface area (Å²) in [6.07, 6.45) is 2.88. The molecule has 0 amide bonds. The van der Waals surface area contributed by atoms with E-state index < -0.39 is 17.5 Å². The second-order valence-corrected chi connectivity index (χ2v) is 4.86. The van der Waals surface area contributed by atoms with Gasteiger partial charge in [0.05, 0.1) is 18.1 Å². The predicted molar refractivity (Wildman–Crippen MR) is 91.9 cm³/mol. The Bertz CT molecular complexity index is 885. The third-order valence-corrected chi connectivity index (χ3v) is 3.17. The quantitative estimate of drug-likeness (QED) is 0.247. The summed E-state index contributed by atoms with van der Waals surface area (Å²) in [5.41, 5.74) is 0.450. The molecule has 0 saturated carbocycles. The van der Waals surface area contributed by atoms with Gasteiger partial charge >= 0.3 is 11.7 Å². The van der Waals surface area contributed by atoms with Gasteiger partial charge in [0.25, 0.3) is 0 Å². The van der Waals surface area contributed by atoms with E-state index in [1.165, 1.54) is 37.5 Å². The number of carbonyl (C=O) groups is 1. The molecule has 0 spiro atoms. The molecule has 2 aromatic rings. The fourth-order valence-corrected chi connectivity index (χ4v) is 2.02. The van der Waals surface area contributed by atoms with Gasteiger partial charge in [-0.1, -0.05) is 18.2 Å². The lowest BCUT2D eigenvalue weighted by Gasteiger charge is -2.10. The number of ether oxygens (including phenoxy) is 3. The number of hydrogen-bond acceptors (Lipinski definition) is 7. The minimum absolute atomic E-state index is 0.0293. The molecule has 0 aliphatic rings. The largest absolute Gasteiger partial charge is 0.493 e. The average Bonchev–Trinajstić information content (AvgIpc) is 2.65. The van der Waals surface area contributed by atoms with E-state index in [-0.39, 0.29) is 17.2 Å². The standard InChI is InChI=1S/C18H14N2O6/c1-24-17-11-13(5-4-10-19)8-9-16(17)26-18(21)12-25-15-7-3-2-6-14(15)20(22)23/h2-9,11H,12H2,1H3/b5-4-. The maximum Gasteiger partial charge on any atom is 0.349 e. The summed E-state index contributed by atoms with van der Waals surface area (Å²) in [7, 11) is 1.41. The topological polar surface area (TPSA) is 112 Å². The summed E-state index contributed by atoms with van der Waals surface area (Å²) in [5.74, 6) is -0.318. The van der Waals surface area contributed by atoms with Crippen molar-refractivity contribution in [2.24, 2.45) is 0 Å². The van der Waals surface area contributed by atoms with E-state index in [0.29, 0.717) is 11.3 Å². The van der Waals surface area contributed by atoms with Gasteiger partial charge in [-0.15, -0.1) is 0 Å². The van der Waals surface area contributed by atoms with E-state index in [4.69, 9.17) is 19.5 Å². The van der Waals surface area contributed by atoms with Gasteiger partial charge in [-0.05, 0) is 29.8 Å². The Morgan fingerprint density at radius 3 is 2.69 bits per heavy atom. The number of benzene rings is 2. The molecule has 0 saturated heterocycles. The van der Waals surface area contributed by atoms with Gasteiger partial charge in [-0.3, -0.25) is 10.1 Å². The first-order valence-corrected chi connectivity index (χ1v) is 7.36. The summed E-state index contributed by atoms with van der Waals surface area (Å²) < 4.78 is 15.5. The van der Waals surface area contributed by atoms with Crippen molar-refractivity contribution in [1.82, 2.24) is 0 Å². The van der Waals surface area contributed by atoms with Gasteiger partial charge in [-0.2, -0.15) is 5.26 Å². The van der Waals surface area contributed by atoms with Crippen LogP contribution < -0.4 is 14.2 Å². The van der Waals surface area contributed by atoms with Crippen molar-refractivity contribution in [1.29, 1.82) is 5.26 Å². The molecule has 26 heavy (non-hydrogen) atoms. The SMILES string of the molecule is COc1cc(/C=C\C#N)ccc1OC(=O)COc1ccccc1[N+](=O)[O-]. The van der Waals surface area contributed by atoms with Crippen molar-refractivity contribution in [2.45, 2.75) is 0 Å². The molecule has 0 N–H and O–H groups in total. The van der Waals surface area contributed by atoms with E-state index in [0.717, 1.165) is 0 Å².